The van der Waals surface area contributed by atoms with E-state index in [1.54, 1.807) is 13.2 Å². The van der Waals surface area contributed by atoms with Crippen LogP contribution in [-0.4, -0.2) is 21.7 Å². The van der Waals surface area contributed by atoms with Crippen molar-refractivity contribution in [2.45, 2.75) is 6.61 Å². The molecule has 68 valence electrons. The molecule has 0 unspecified atom stereocenters. The molecule has 0 saturated carbocycles. The number of rotatable bonds is 2. The zero-order chi connectivity index (χ0) is 9.26. The fraction of sp³-hybridized carbons (Fsp3) is 0.250. The van der Waals surface area contributed by atoms with Gasteiger partial charge in [-0.2, -0.15) is 0 Å². The van der Waals surface area contributed by atoms with E-state index in [1.165, 1.54) is 16.8 Å². The molecular formula is C8H9N3O2. The first-order valence-corrected chi connectivity index (χ1v) is 3.86. The summed E-state index contributed by atoms with van der Waals surface area (Å²) in [5.41, 5.74) is 1.32. The van der Waals surface area contributed by atoms with Crippen molar-refractivity contribution in [2.75, 3.05) is 7.11 Å². The number of fused-ring (bicyclic) bond motifs is 1. The summed E-state index contributed by atoms with van der Waals surface area (Å²) in [5, 5.41) is 2.88. The number of hydrogen-bond donors (Lipinski definition) is 1. The largest absolute Gasteiger partial charge is 0.378 e. The van der Waals surface area contributed by atoms with Gasteiger partial charge < -0.3 is 4.74 Å². The van der Waals surface area contributed by atoms with E-state index < -0.39 is 0 Å². The molecule has 0 radical (unpaired) electrons. The van der Waals surface area contributed by atoms with E-state index in [-0.39, 0.29) is 5.56 Å². The van der Waals surface area contributed by atoms with Crippen molar-refractivity contribution < 1.29 is 4.74 Å². The fourth-order valence-corrected chi connectivity index (χ4v) is 1.20. The van der Waals surface area contributed by atoms with Gasteiger partial charge in [0, 0.05) is 25.4 Å². The summed E-state index contributed by atoms with van der Waals surface area (Å²) >= 11 is 0. The highest BCUT2D eigenvalue weighted by atomic mass is 16.5. The van der Waals surface area contributed by atoms with Gasteiger partial charge >= 0.3 is 0 Å². The zero-order valence-corrected chi connectivity index (χ0v) is 7.15. The Bertz CT molecular complexity index is 471. The van der Waals surface area contributed by atoms with E-state index >= 15 is 0 Å². The second kappa shape index (κ2) is 3.02. The molecule has 5 nitrogen and oxygen atoms in total. The van der Waals surface area contributed by atoms with E-state index in [9.17, 15) is 4.79 Å². The van der Waals surface area contributed by atoms with Crippen molar-refractivity contribution in [3.05, 3.63) is 34.4 Å². The summed E-state index contributed by atoms with van der Waals surface area (Å²) in [6.45, 7) is 0.447. The van der Waals surface area contributed by atoms with Gasteiger partial charge in [0.25, 0.3) is 5.56 Å². The van der Waals surface area contributed by atoms with Crippen LogP contribution in [0, 0.1) is 0 Å². The predicted molar refractivity (Wildman–Crippen MR) is 46.5 cm³/mol. The second-order valence-corrected chi connectivity index (χ2v) is 2.69. The van der Waals surface area contributed by atoms with Crippen LogP contribution in [0.25, 0.3) is 5.65 Å². The molecule has 2 rings (SSSR count). The molecule has 1 N–H and O–H groups in total. The molecule has 0 amide bonds. The van der Waals surface area contributed by atoms with E-state index in [1.807, 2.05) is 0 Å². The van der Waals surface area contributed by atoms with Gasteiger partial charge in [0.05, 0.1) is 12.3 Å². The summed E-state index contributed by atoms with van der Waals surface area (Å²) in [4.78, 5) is 15.3. The molecule has 0 aliphatic heterocycles. The van der Waals surface area contributed by atoms with E-state index in [0.717, 1.165) is 5.69 Å². The molecule has 0 spiro atoms. The van der Waals surface area contributed by atoms with Gasteiger partial charge in [-0.15, -0.1) is 0 Å². The first-order valence-electron chi connectivity index (χ1n) is 3.86. The Morgan fingerprint density at radius 2 is 2.54 bits per heavy atom. The van der Waals surface area contributed by atoms with E-state index in [4.69, 9.17) is 4.74 Å². The number of aromatic nitrogens is 3. The van der Waals surface area contributed by atoms with Crippen molar-refractivity contribution in [2.24, 2.45) is 0 Å². The standard InChI is InChI=1S/C8H9N3O2/c1-13-5-6-4-7-9-3-2-8(12)11(7)10-6/h2-4,10H,5H2,1H3. The van der Waals surface area contributed by atoms with Crippen molar-refractivity contribution in [3.63, 3.8) is 0 Å². The number of H-pyrrole nitrogens is 1. The van der Waals surface area contributed by atoms with Crippen LogP contribution in [0.1, 0.15) is 5.69 Å². The quantitative estimate of drug-likeness (QED) is 0.714. The first kappa shape index (κ1) is 8.00. The highest BCUT2D eigenvalue weighted by Gasteiger charge is 2.01. The molecule has 0 aromatic carbocycles. The van der Waals surface area contributed by atoms with Gasteiger partial charge in [-0.25, -0.2) is 9.50 Å². The molecule has 13 heavy (non-hydrogen) atoms. The summed E-state index contributed by atoms with van der Waals surface area (Å²) < 4.78 is 6.31. The van der Waals surface area contributed by atoms with Crippen LogP contribution in [0.5, 0.6) is 0 Å². The number of nitrogens with zero attached hydrogens (tertiary/aromatic N) is 2. The van der Waals surface area contributed by atoms with Crippen LogP contribution in [0.15, 0.2) is 23.1 Å². The zero-order valence-electron chi connectivity index (χ0n) is 7.15. The van der Waals surface area contributed by atoms with E-state index in [2.05, 4.69) is 10.1 Å². The lowest BCUT2D eigenvalue weighted by Gasteiger charge is -1.91. The highest BCUT2D eigenvalue weighted by molar-refractivity contribution is 5.37. The maximum atomic E-state index is 11.2. The Kier molecular flexibility index (Phi) is 1.86. The molecule has 0 saturated heterocycles. The molecule has 0 bridgehead atoms. The van der Waals surface area contributed by atoms with Gasteiger partial charge in [-0.05, 0) is 0 Å². The molecule has 2 heterocycles. The van der Waals surface area contributed by atoms with Crippen LogP contribution in [0.3, 0.4) is 0 Å². The number of hydrogen-bond acceptors (Lipinski definition) is 3. The third kappa shape index (κ3) is 1.33. The average molecular weight is 179 g/mol. The predicted octanol–water partition coefficient (Wildman–Crippen LogP) is 0.169. The highest BCUT2D eigenvalue weighted by Crippen LogP contribution is 2.00. The number of methoxy groups -OCH3 is 1. The third-order valence-corrected chi connectivity index (χ3v) is 1.73. The third-order valence-electron chi connectivity index (χ3n) is 1.73. The Labute approximate surface area is 74.0 Å². The van der Waals surface area contributed by atoms with Crippen LogP contribution < -0.4 is 5.56 Å². The van der Waals surface area contributed by atoms with E-state index in [0.29, 0.717) is 12.3 Å². The first-order chi connectivity index (χ1) is 6.31. The normalized spacial score (nSPS) is 10.8. The van der Waals surface area contributed by atoms with Crippen molar-refractivity contribution in [3.8, 4) is 0 Å². The Morgan fingerprint density at radius 3 is 3.23 bits per heavy atom. The molecular weight excluding hydrogens is 170 g/mol. The SMILES string of the molecule is COCc1cc2nccc(=O)n2[nH]1. The maximum absolute atomic E-state index is 11.2. The molecule has 0 aliphatic carbocycles. The maximum Gasteiger partial charge on any atom is 0.272 e. The molecule has 5 heteroatoms. The molecule has 2 aromatic heterocycles. The monoisotopic (exact) mass is 179 g/mol. The Hall–Kier alpha value is -1.62. The van der Waals surface area contributed by atoms with Gasteiger partial charge in [-0.1, -0.05) is 0 Å². The number of aromatic amines is 1. The summed E-state index contributed by atoms with van der Waals surface area (Å²) in [7, 11) is 1.60. The van der Waals surface area contributed by atoms with Gasteiger partial charge in [0.2, 0.25) is 0 Å². The van der Waals surface area contributed by atoms with Gasteiger partial charge in [0.1, 0.15) is 0 Å². The second-order valence-electron chi connectivity index (χ2n) is 2.69. The molecule has 0 fully saturated rings. The summed E-state index contributed by atoms with van der Waals surface area (Å²) in [5.74, 6) is 0. The fourth-order valence-electron chi connectivity index (χ4n) is 1.20. The van der Waals surface area contributed by atoms with Gasteiger partial charge in [-0.3, -0.25) is 9.89 Å². The van der Waals surface area contributed by atoms with Crippen molar-refractivity contribution in [1.29, 1.82) is 0 Å². The van der Waals surface area contributed by atoms with Crippen molar-refractivity contribution >= 4 is 5.65 Å². The number of ether oxygens (including phenoxy) is 1. The minimum absolute atomic E-state index is 0.118. The molecule has 0 aliphatic rings. The number of nitrogens with one attached hydrogen (secondary N) is 1. The average Bonchev–Trinajstić information content (AvgIpc) is 2.49. The van der Waals surface area contributed by atoms with Crippen LogP contribution in [0.4, 0.5) is 0 Å². The minimum Gasteiger partial charge on any atom is -0.378 e. The summed E-state index contributed by atoms with van der Waals surface area (Å²) in [6, 6.07) is 3.19. The Balaban J connectivity index is 2.62. The minimum atomic E-state index is -0.118. The lowest BCUT2D eigenvalue weighted by atomic mass is 10.4. The van der Waals surface area contributed by atoms with Crippen LogP contribution in [-0.2, 0) is 11.3 Å². The van der Waals surface area contributed by atoms with Crippen LogP contribution in [0.2, 0.25) is 0 Å². The topological polar surface area (TPSA) is 59.4 Å². The smallest absolute Gasteiger partial charge is 0.272 e. The molecule has 2 aromatic rings. The van der Waals surface area contributed by atoms with Crippen molar-refractivity contribution in [1.82, 2.24) is 14.6 Å². The Morgan fingerprint density at radius 1 is 1.69 bits per heavy atom. The van der Waals surface area contributed by atoms with Gasteiger partial charge in [0.15, 0.2) is 5.65 Å². The summed E-state index contributed by atoms with van der Waals surface area (Å²) in [6.07, 6.45) is 1.49. The van der Waals surface area contributed by atoms with Crippen LogP contribution >= 0.6 is 0 Å². The lowest BCUT2D eigenvalue weighted by Crippen LogP contribution is -2.12. The molecule has 0 atom stereocenters. The lowest BCUT2D eigenvalue weighted by molar-refractivity contribution is 0.181.